The summed E-state index contributed by atoms with van der Waals surface area (Å²) in [7, 11) is 7.90. The summed E-state index contributed by atoms with van der Waals surface area (Å²) >= 11 is 0. The zero-order chi connectivity index (χ0) is 81.7. The summed E-state index contributed by atoms with van der Waals surface area (Å²) in [6.07, 6.45) is -6.83. The Kier molecular flexibility index (Phi) is 30.1. The number of aryl methyl sites for hydroxylation is 1. The van der Waals surface area contributed by atoms with Crippen LogP contribution in [0.3, 0.4) is 0 Å². The van der Waals surface area contributed by atoms with E-state index in [4.69, 9.17) is 9.47 Å². The second-order valence-electron chi connectivity index (χ2n) is 30.4. The molecule has 1 saturated carbocycles. The molecule has 3 N–H and O–H groups in total. The fourth-order valence-corrected chi connectivity index (χ4v) is 15.9. The molecule has 2 aromatic rings. The number of carbonyl (C=O) groups excluding carboxylic acids is 12. The third kappa shape index (κ3) is 21.5. The number of likely N-dealkylation sites (N-methyl/N-ethyl adjacent to an activating group) is 6. The standard InChI is InChI=1S/C77H106F8N12O14/c1-11-46(3)64-72(107)90(6)45-62(100)92(8)56-25-19-21-33-96(71(56)106)59(40-47-26-29-50(30-27-47)76(80,81)82)69(104)89(5)44-60(98)86-54(31-28-48-38-52(78)63(53(79)39-48)77(83,84)85)68(103)97-43-51(111-12-2)41-57(97)67(102)88-75(4)32-20-15-13-14-16-24-55(66(101)87-64)91(7)61(99)42-58(70(105)95-34-36-110-37-35-95)93(9)73(108)65(94(10)74(75)109)49-22-17-18-23-49/h15,20,26-27,29-30,38-39,46,49,51,54-59,64-65H,11-14,16-19,21-25,28,31-37,40-45H2,1-10H3,(H,86,98)(H,87,101)(H,88,102)/b20-15-/t46-,51+,54-,55-,56-,57-,58-,59+,64-,65-,75-/m0/s1. The topological polar surface area (TPSA) is 289 Å². The summed E-state index contributed by atoms with van der Waals surface area (Å²) in [5, 5.41) is 8.34. The van der Waals surface area contributed by atoms with Gasteiger partial charge in [-0.25, -0.2) is 8.78 Å². The number of nitrogens with one attached hydrogen (secondary N) is 3. The molecule has 34 heteroatoms. The largest absolute Gasteiger partial charge is 0.422 e. The number of nitrogens with zero attached hydrogens (tertiary/aromatic N) is 9. The lowest BCUT2D eigenvalue weighted by Gasteiger charge is -2.42. The van der Waals surface area contributed by atoms with E-state index in [1.807, 2.05) is 0 Å². The van der Waals surface area contributed by atoms with Gasteiger partial charge in [0.1, 0.15) is 71.1 Å². The van der Waals surface area contributed by atoms with E-state index in [-0.39, 0.29) is 96.5 Å². The van der Waals surface area contributed by atoms with Crippen LogP contribution in [0.1, 0.15) is 153 Å². The molecule has 1 aliphatic carbocycles. The van der Waals surface area contributed by atoms with E-state index >= 15 is 51.9 Å². The van der Waals surface area contributed by atoms with Crippen molar-refractivity contribution >= 4 is 70.9 Å². The lowest BCUT2D eigenvalue weighted by molar-refractivity contribution is -0.157. The van der Waals surface area contributed by atoms with E-state index in [1.54, 1.807) is 32.9 Å². The van der Waals surface area contributed by atoms with Gasteiger partial charge in [0.2, 0.25) is 70.9 Å². The molecule has 614 valence electrons. The highest BCUT2D eigenvalue weighted by Gasteiger charge is 2.51. The smallest absolute Gasteiger partial charge is 0.378 e. The molecule has 26 nitrogen and oxygen atoms in total. The van der Waals surface area contributed by atoms with Crippen molar-refractivity contribution < 1.29 is 102 Å². The Morgan fingerprint density at radius 1 is 0.640 bits per heavy atom. The quantitative estimate of drug-likeness (QED) is 0.181. The lowest BCUT2D eigenvalue weighted by Crippen LogP contribution is -2.65. The zero-order valence-corrected chi connectivity index (χ0v) is 64.8. The summed E-state index contributed by atoms with van der Waals surface area (Å²) in [6, 6.07) is -7.36. The monoisotopic (exact) mass is 1570 g/mol. The molecule has 5 heterocycles. The average molecular weight is 1580 g/mol. The number of rotatable bonds is 11. The van der Waals surface area contributed by atoms with Crippen molar-refractivity contribution in [2.24, 2.45) is 11.8 Å². The van der Waals surface area contributed by atoms with Gasteiger partial charge in [0.15, 0.2) is 0 Å². The molecule has 5 aliphatic heterocycles. The Balaban J connectivity index is 1.27. The minimum Gasteiger partial charge on any atom is -0.378 e. The minimum atomic E-state index is -5.47. The first-order chi connectivity index (χ1) is 52.3. The van der Waals surface area contributed by atoms with Gasteiger partial charge in [-0.2, -0.15) is 26.3 Å². The maximum Gasteiger partial charge on any atom is 0.422 e. The molecule has 11 atom stereocenters. The fourth-order valence-electron chi connectivity index (χ4n) is 15.9. The third-order valence-electron chi connectivity index (χ3n) is 22.7. The van der Waals surface area contributed by atoms with Crippen molar-refractivity contribution in [2.45, 2.75) is 216 Å². The number of allylic oxidation sites excluding steroid dienone is 1. The summed E-state index contributed by atoms with van der Waals surface area (Å²) in [5.41, 5.74) is -5.52. The first-order valence-corrected chi connectivity index (χ1v) is 38.2. The second kappa shape index (κ2) is 38.1. The van der Waals surface area contributed by atoms with Crippen LogP contribution in [0.4, 0.5) is 35.1 Å². The van der Waals surface area contributed by atoms with Crippen LogP contribution in [0, 0.1) is 23.5 Å². The summed E-state index contributed by atoms with van der Waals surface area (Å²) < 4.78 is 126. The Labute approximate surface area is 641 Å². The molecule has 0 aromatic heterocycles. The molecule has 4 fully saturated rings. The Hall–Kier alpha value is -8.82. The average Bonchev–Trinajstić information content (AvgIpc) is 1.76. The Morgan fingerprint density at radius 3 is 1.87 bits per heavy atom. The van der Waals surface area contributed by atoms with Gasteiger partial charge in [-0.05, 0) is 132 Å². The van der Waals surface area contributed by atoms with Gasteiger partial charge in [-0.3, -0.25) is 57.5 Å². The van der Waals surface area contributed by atoms with Crippen LogP contribution in [0.15, 0.2) is 48.6 Å². The van der Waals surface area contributed by atoms with Crippen LogP contribution in [0.5, 0.6) is 0 Å². The van der Waals surface area contributed by atoms with Gasteiger partial charge < -0.3 is 69.5 Å². The fraction of sp³-hybridized carbons (Fsp3) is 0.662. The zero-order valence-electron chi connectivity index (χ0n) is 64.8. The first-order valence-electron chi connectivity index (χ1n) is 38.2. The van der Waals surface area contributed by atoms with Crippen LogP contribution >= 0.6 is 0 Å². The van der Waals surface area contributed by atoms with Gasteiger partial charge in [-0.1, -0.05) is 63.8 Å². The Bertz CT molecular complexity index is 3720. The molecule has 8 rings (SSSR count). The molecule has 0 unspecified atom stereocenters. The van der Waals surface area contributed by atoms with Gasteiger partial charge in [-0.15, -0.1) is 0 Å². The Morgan fingerprint density at radius 2 is 1.25 bits per heavy atom. The highest BCUT2D eigenvalue weighted by atomic mass is 19.4. The van der Waals surface area contributed by atoms with E-state index in [1.165, 1.54) is 56.9 Å². The summed E-state index contributed by atoms with van der Waals surface area (Å²) in [6.45, 7) is 4.87. The van der Waals surface area contributed by atoms with Crippen LogP contribution in [0.2, 0.25) is 0 Å². The van der Waals surface area contributed by atoms with Crippen molar-refractivity contribution in [1.29, 1.82) is 0 Å². The molecule has 12 amide bonds. The predicted octanol–water partition coefficient (Wildman–Crippen LogP) is 5.65. The summed E-state index contributed by atoms with van der Waals surface area (Å²) in [5.74, 6) is -15.2. The van der Waals surface area contributed by atoms with Crippen LogP contribution < -0.4 is 16.0 Å². The van der Waals surface area contributed by atoms with Crippen molar-refractivity contribution in [3.8, 4) is 0 Å². The number of carbonyl (C=O) groups is 12. The van der Waals surface area contributed by atoms with E-state index in [2.05, 4.69) is 16.0 Å². The molecule has 0 spiro atoms. The SMILES string of the molecule is CCO[C@@H]1C[C@H]2C(=O)N[C@@]3(C)C/C=C\CCCC[C@@H](C(=O)N[C@@H]([C@@H](C)CC)C(=O)N(C)CC(=O)N(C)[C@H]4CCCCN(C4=O)[C@H](Cc4ccc(C(F)(F)F)cc4)C(=O)N(C)CC(=O)N[C@@H](CCc4cc(F)c(C(F)(F)F)c(F)c4)C(=O)N2C1)N(C)C(=O)C[C@@H](C(=O)N1CCOCC1)N(C)C(=O)[C@H](C1CCCC1)N(C)C3=O. The number of hydrogen-bond acceptors (Lipinski definition) is 14. The highest BCUT2D eigenvalue weighted by Crippen LogP contribution is 2.37. The number of ether oxygens (including phenoxy) is 2. The normalized spacial score (nSPS) is 27.7. The molecule has 0 radical (unpaired) electrons. The van der Waals surface area contributed by atoms with E-state index in [0.29, 0.717) is 57.1 Å². The van der Waals surface area contributed by atoms with Crippen molar-refractivity contribution in [3.05, 3.63) is 82.4 Å². The van der Waals surface area contributed by atoms with Crippen LogP contribution in [-0.4, -0.2) is 276 Å². The lowest BCUT2D eigenvalue weighted by atomic mass is 9.89. The van der Waals surface area contributed by atoms with Gasteiger partial charge >= 0.3 is 12.4 Å². The third-order valence-corrected chi connectivity index (χ3v) is 22.7. The number of alkyl halides is 6. The highest BCUT2D eigenvalue weighted by molar-refractivity contribution is 6.01. The number of morpholine rings is 1. The predicted molar refractivity (Wildman–Crippen MR) is 387 cm³/mol. The minimum absolute atomic E-state index is 0.0145. The molecule has 4 bridgehead atoms. The van der Waals surface area contributed by atoms with Crippen molar-refractivity contribution in [1.82, 2.24) is 60.0 Å². The molecule has 2 aromatic carbocycles. The molecular formula is C77H106F8N12O14. The van der Waals surface area contributed by atoms with Gasteiger partial charge in [0.25, 0.3) is 0 Å². The number of halogens is 8. The van der Waals surface area contributed by atoms with Gasteiger partial charge in [0.05, 0.1) is 44.4 Å². The van der Waals surface area contributed by atoms with Crippen molar-refractivity contribution in [3.63, 3.8) is 0 Å². The van der Waals surface area contributed by atoms with E-state index in [9.17, 15) is 40.7 Å². The number of benzene rings is 2. The number of hydrogen-bond donors (Lipinski definition) is 3. The van der Waals surface area contributed by atoms with Crippen LogP contribution in [-0.2, 0) is 92.2 Å². The van der Waals surface area contributed by atoms with Crippen molar-refractivity contribution in [2.75, 3.05) is 101 Å². The van der Waals surface area contributed by atoms with Crippen LogP contribution in [0.25, 0.3) is 0 Å². The molecule has 111 heavy (non-hydrogen) atoms. The number of fused-ring (bicyclic) bond motifs is 10. The van der Waals surface area contributed by atoms with Gasteiger partial charge in [0, 0.05) is 87.9 Å². The molecule has 3 saturated heterocycles. The second-order valence-corrected chi connectivity index (χ2v) is 30.4. The van der Waals surface area contributed by atoms with E-state index < -0.39 is 222 Å². The maximum absolute atomic E-state index is 15.9. The molecule has 6 aliphatic rings. The van der Waals surface area contributed by atoms with E-state index in [0.717, 1.165) is 60.7 Å². The maximum atomic E-state index is 15.9. The molecular weight excluding hydrogens is 1470 g/mol. The first kappa shape index (κ1) is 87.8. The summed E-state index contributed by atoms with van der Waals surface area (Å²) in [4.78, 5) is 193. The number of amides is 12.